The summed E-state index contributed by atoms with van der Waals surface area (Å²) in [7, 11) is 1.70. The highest BCUT2D eigenvalue weighted by Gasteiger charge is 2.45. The molecule has 0 atom stereocenters. The van der Waals surface area contributed by atoms with Crippen LogP contribution in [0.2, 0.25) is 0 Å². The lowest BCUT2D eigenvalue weighted by atomic mass is 9.87. The molecular formula is C26H18O2. The Balaban J connectivity index is 1.59. The molecule has 1 heterocycles. The van der Waals surface area contributed by atoms with Crippen LogP contribution in [-0.2, 0) is 5.60 Å². The summed E-state index contributed by atoms with van der Waals surface area (Å²) in [5, 5.41) is 2.32. The van der Waals surface area contributed by atoms with E-state index in [-0.39, 0.29) is 0 Å². The predicted octanol–water partition coefficient (Wildman–Crippen LogP) is 6.18. The Morgan fingerprint density at radius 2 is 1.50 bits per heavy atom. The van der Waals surface area contributed by atoms with Crippen LogP contribution in [0.4, 0.5) is 0 Å². The van der Waals surface area contributed by atoms with E-state index in [9.17, 15) is 0 Å². The molecular weight excluding hydrogens is 344 g/mol. The van der Waals surface area contributed by atoms with Crippen molar-refractivity contribution in [3.05, 3.63) is 102 Å². The third-order valence-electron chi connectivity index (χ3n) is 5.93. The first-order chi connectivity index (χ1) is 13.8. The van der Waals surface area contributed by atoms with Crippen molar-refractivity contribution in [2.24, 2.45) is 0 Å². The fraction of sp³-hybridized carbons (Fsp3) is 0.0769. The van der Waals surface area contributed by atoms with Gasteiger partial charge in [-0.05, 0) is 58.3 Å². The van der Waals surface area contributed by atoms with Gasteiger partial charge in [0, 0.05) is 16.7 Å². The minimum Gasteiger partial charge on any atom is -0.497 e. The van der Waals surface area contributed by atoms with Crippen molar-refractivity contribution in [1.29, 1.82) is 0 Å². The van der Waals surface area contributed by atoms with Gasteiger partial charge in [-0.15, -0.1) is 0 Å². The lowest BCUT2D eigenvalue weighted by Gasteiger charge is -2.34. The number of rotatable bonds is 1. The molecule has 0 saturated carbocycles. The van der Waals surface area contributed by atoms with Gasteiger partial charge in [-0.1, -0.05) is 54.6 Å². The molecule has 4 aromatic rings. The van der Waals surface area contributed by atoms with E-state index in [0.717, 1.165) is 22.4 Å². The van der Waals surface area contributed by atoms with Crippen molar-refractivity contribution in [3.8, 4) is 22.6 Å². The van der Waals surface area contributed by atoms with Crippen molar-refractivity contribution >= 4 is 16.8 Å². The Hall–Kier alpha value is -3.52. The molecule has 2 heteroatoms. The van der Waals surface area contributed by atoms with Gasteiger partial charge < -0.3 is 9.47 Å². The van der Waals surface area contributed by atoms with Gasteiger partial charge in [0.1, 0.15) is 11.5 Å². The summed E-state index contributed by atoms with van der Waals surface area (Å²) in [6.45, 7) is 0. The molecule has 0 saturated heterocycles. The van der Waals surface area contributed by atoms with E-state index < -0.39 is 5.60 Å². The number of benzene rings is 4. The highest BCUT2D eigenvalue weighted by molar-refractivity contribution is 5.95. The highest BCUT2D eigenvalue weighted by atomic mass is 16.5. The van der Waals surface area contributed by atoms with Crippen LogP contribution in [0.25, 0.3) is 28.0 Å². The van der Waals surface area contributed by atoms with E-state index in [2.05, 4.69) is 84.9 Å². The van der Waals surface area contributed by atoms with Crippen LogP contribution in [0.5, 0.6) is 11.5 Å². The summed E-state index contributed by atoms with van der Waals surface area (Å²) < 4.78 is 12.2. The number of methoxy groups -OCH3 is 1. The molecule has 0 N–H and O–H groups in total. The van der Waals surface area contributed by atoms with Gasteiger partial charge in [0.2, 0.25) is 0 Å². The molecule has 0 unspecified atom stereocenters. The average Bonchev–Trinajstić information content (AvgIpc) is 3.03. The summed E-state index contributed by atoms with van der Waals surface area (Å²) in [6, 6.07) is 27.4. The molecule has 0 fully saturated rings. The van der Waals surface area contributed by atoms with Gasteiger partial charge in [0.15, 0.2) is 5.60 Å². The Labute approximate surface area is 163 Å². The topological polar surface area (TPSA) is 18.5 Å². The standard InChI is InChI=1S/C26H18O2/c1-27-18-11-12-19-17(16-18)10-13-25-22(19)14-15-26(28-25)23-8-4-2-6-20(23)21-7-3-5-9-24(21)26/h2-16H,1H3. The van der Waals surface area contributed by atoms with Gasteiger partial charge in [-0.2, -0.15) is 0 Å². The fourth-order valence-electron chi connectivity index (χ4n) is 4.63. The van der Waals surface area contributed by atoms with E-state index in [1.54, 1.807) is 7.11 Å². The largest absolute Gasteiger partial charge is 0.497 e. The van der Waals surface area contributed by atoms with Crippen molar-refractivity contribution in [2.45, 2.75) is 5.60 Å². The van der Waals surface area contributed by atoms with Crippen molar-refractivity contribution in [1.82, 2.24) is 0 Å². The normalized spacial score (nSPS) is 15.0. The average molecular weight is 362 g/mol. The minimum atomic E-state index is -0.569. The first-order valence-electron chi connectivity index (χ1n) is 9.48. The summed E-state index contributed by atoms with van der Waals surface area (Å²) in [5.74, 6) is 1.77. The van der Waals surface area contributed by atoms with Gasteiger partial charge >= 0.3 is 0 Å². The highest BCUT2D eigenvalue weighted by Crippen LogP contribution is 2.53. The van der Waals surface area contributed by atoms with Crippen LogP contribution in [0.15, 0.2) is 84.9 Å². The number of ether oxygens (including phenoxy) is 2. The third kappa shape index (κ3) is 1.92. The smallest absolute Gasteiger partial charge is 0.179 e. The number of hydrogen-bond donors (Lipinski definition) is 0. The quantitative estimate of drug-likeness (QED) is 0.403. The Morgan fingerprint density at radius 3 is 2.21 bits per heavy atom. The SMILES string of the molecule is COc1ccc2c3c(ccc2c1)OC1(C=C3)c2ccccc2-c2ccccc21. The van der Waals surface area contributed by atoms with Crippen LogP contribution >= 0.6 is 0 Å². The molecule has 1 aliphatic carbocycles. The fourth-order valence-corrected chi connectivity index (χ4v) is 4.63. The molecule has 0 amide bonds. The van der Waals surface area contributed by atoms with Crippen LogP contribution in [-0.4, -0.2) is 7.11 Å². The molecule has 0 radical (unpaired) electrons. The zero-order valence-corrected chi connectivity index (χ0v) is 15.5. The van der Waals surface area contributed by atoms with E-state index in [1.165, 1.54) is 27.6 Å². The minimum absolute atomic E-state index is 0.569. The molecule has 4 aromatic carbocycles. The van der Waals surface area contributed by atoms with Crippen molar-refractivity contribution < 1.29 is 9.47 Å². The van der Waals surface area contributed by atoms with Gasteiger partial charge in [0.05, 0.1) is 7.11 Å². The van der Waals surface area contributed by atoms with Gasteiger partial charge in [-0.25, -0.2) is 0 Å². The molecule has 0 bridgehead atoms. The lowest BCUT2D eigenvalue weighted by molar-refractivity contribution is 0.166. The summed E-state index contributed by atoms with van der Waals surface area (Å²) in [6.07, 6.45) is 4.43. The lowest BCUT2D eigenvalue weighted by Crippen LogP contribution is -2.32. The first kappa shape index (κ1) is 15.5. The maximum Gasteiger partial charge on any atom is 0.179 e. The van der Waals surface area contributed by atoms with E-state index in [4.69, 9.17) is 9.47 Å². The van der Waals surface area contributed by atoms with Crippen LogP contribution in [0.3, 0.4) is 0 Å². The molecule has 6 rings (SSSR count). The predicted molar refractivity (Wildman–Crippen MR) is 113 cm³/mol. The molecule has 2 aliphatic rings. The van der Waals surface area contributed by atoms with E-state index in [1.807, 2.05) is 6.07 Å². The van der Waals surface area contributed by atoms with E-state index >= 15 is 0 Å². The van der Waals surface area contributed by atoms with Crippen molar-refractivity contribution in [2.75, 3.05) is 7.11 Å². The van der Waals surface area contributed by atoms with Crippen LogP contribution < -0.4 is 9.47 Å². The Kier molecular flexibility index (Phi) is 3.05. The second-order valence-corrected chi connectivity index (χ2v) is 7.33. The number of fused-ring (bicyclic) bond motifs is 8. The van der Waals surface area contributed by atoms with Gasteiger partial charge in [-0.3, -0.25) is 0 Å². The van der Waals surface area contributed by atoms with E-state index in [0.29, 0.717) is 0 Å². The zero-order valence-electron chi connectivity index (χ0n) is 15.5. The maximum absolute atomic E-state index is 6.78. The summed E-state index contributed by atoms with van der Waals surface area (Å²) in [4.78, 5) is 0. The van der Waals surface area contributed by atoms with Crippen LogP contribution in [0, 0.1) is 0 Å². The molecule has 134 valence electrons. The second kappa shape index (κ2) is 5.49. The summed E-state index contributed by atoms with van der Waals surface area (Å²) >= 11 is 0. The summed E-state index contributed by atoms with van der Waals surface area (Å²) in [5.41, 5.74) is 5.45. The maximum atomic E-state index is 6.78. The molecule has 0 aromatic heterocycles. The molecule has 1 aliphatic heterocycles. The third-order valence-corrected chi connectivity index (χ3v) is 5.93. The van der Waals surface area contributed by atoms with Crippen molar-refractivity contribution in [3.63, 3.8) is 0 Å². The second-order valence-electron chi connectivity index (χ2n) is 7.33. The molecule has 28 heavy (non-hydrogen) atoms. The zero-order chi connectivity index (χ0) is 18.7. The van der Waals surface area contributed by atoms with Crippen LogP contribution in [0.1, 0.15) is 16.7 Å². The molecule has 1 spiro atoms. The van der Waals surface area contributed by atoms with Gasteiger partial charge in [0.25, 0.3) is 0 Å². The monoisotopic (exact) mass is 362 g/mol. The first-order valence-corrected chi connectivity index (χ1v) is 9.48. The Morgan fingerprint density at radius 1 is 0.786 bits per heavy atom. The number of hydrogen-bond acceptors (Lipinski definition) is 2. The molecule has 2 nitrogen and oxygen atoms in total. The Bertz CT molecular complexity index is 1240.